The van der Waals surface area contributed by atoms with Crippen LogP contribution in [0.1, 0.15) is 11.1 Å². The minimum absolute atomic E-state index is 0. The Balaban J connectivity index is 0.00000320. The van der Waals surface area contributed by atoms with E-state index in [1.807, 2.05) is 49.0 Å². The molecule has 2 N–H and O–H groups in total. The third-order valence-corrected chi connectivity index (χ3v) is 8.25. The standard InChI is InChI=1S/C20H25ClN3O3S2.BrH/c1-23(2)19-24(3)20(25,14-28-19)16-9-10-17(21)18(13-16)29(26,27)22-12-11-15-7-5-4-6-8-15;/h4-10,13,22,25H,11-12,14H2,1-3H3;1H/q+1;/p-1. The van der Waals surface area contributed by atoms with Crippen molar-refractivity contribution in [1.29, 1.82) is 0 Å². The highest BCUT2D eigenvalue weighted by Crippen LogP contribution is 2.39. The van der Waals surface area contributed by atoms with Crippen LogP contribution < -0.4 is 21.7 Å². The summed E-state index contributed by atoms with van der Waals surface area (Å²) in [6, 6.07) is 14.3. The SMILES string of the molecule is CN1C(=[N+](C)C)SCC1(O)c1ccc(Cl)c(S(=O)(=O)NCCc2ccccc2)c1.[Br-]. The molecule has 0 saturated carbocycles. The first kappa shape index (κ1) is 25.2. The molecule has 6 nitrogen and oxygen atoms in total. The summed E-state index contributed by atoms with van der Waals surface area (Å²) in [5, 5.41) is 12.3. The fourth-order valence-electron chi connectivity index (χ4n) is 3.23. The molecular weight excluding hydrogens is 510 g/mol. The van der Waals surface area contributed by atoms with Crippen molar-refractivity contribution in [3.8, 4) is 0 Å². The van der Waals surface area contributed by atoms with E-state index in [2.05, 4.69) is 4.72 Å². The molecule has 0 amide bonds. The Labute approximate surface area is 197 Å². The smallest absolute Gasteiger partial charge is 0.310 e. The zero-order chi connectivity index (χ0) is 21.2. The molecule has 2 aromatic rings. The van der Waals surface area contributed by atoms with E-state index in [4.69, 9.17) is 11.6 Å². The van der Waals surface area contributed by atoms with Crippen LogP contribution in [0.25, 0.3) is 0 Å². The number of sulfonamides is 1. The summed E-state index contributed by atoms with van der Waals surface area (Å²) in [5.74, 6) is 0.388. The van der Waals surface area contributed by atoms with Crippen LogP contribution in [0.3, 0.4) is 0 Å². The molecule has 164 valence electrons. The van der Waals surface area contributed by atoms with Crippen molar-refractivity contribution >= 4 is 38.6 Å². The summed E-state index contributed by atoms with van der Waals surface area (Å²) in [6.45, 7) is 0.255. The third-order valence-electron chi connectivity index (χ3n) is 4.86. The topological polar surface area (TPSA) is 72.6 Å². The van der Waals surface area contributed by atoms with Crippen LogP contribution in [0.5, 0.6) is 0 Å². The van der Waals surface area contributed by atoms with E-state index < -0.39 is 15.7 Å². The average molecular weight is 535 g/mol. The van der Waals surface area contributed by atoms with Gasteiger partial charge in [0.1, 0.15) is 4.90 Å². The number of rotatable bonds is 6. The molecule has 2 aromatic carbocycles. The predicted octanol–water partition coefficient (Wildman–Crippen LogP) is -0.683. The lowest BCUT2D eigenvalue weighted by atomic mass is 10.0. The van der Waals surface area contributed by atoms with E-state index in [1.165, 1.54) is 23.9 Å². The second kappa shape index (κ2) is 10.0. The Morgan fingerprint density at radius 3 is 2.50 bits per heavy atom. The van der Waals surface area contributed by atoms with Gasteiger partial charge in [0.15, 0.2) is 0 Å². The van der Waals surface area contributed by atoms with Crippen molar-refractivity contribution in [1.82, 2.24) is 9.62 Å². The molecule has 1 unspecified atom stereocenters. The quantitative estimate of drug-likeness (QED) is 0.481. The van der Waals surface area contributed by atoms with Crippen LogP contribution in [0.15, 0.2) is 53.4 Å². The number of aliphatic hydroxyl groups is 1. The summed E-state index contributed by atoms with van der Waals surface area (Å²) in [5.41, 5.74) is 0.210. The lowest BCUT2D eigenvalue weighted by molar-refractivity contribution is -0.467. The summed E-state index contributed by atoms with van der Waals surface area (Å²) < 4.78 is 30.2. The van der Waals surface area contributed by atoms with Crippen LogP contribution in [-0.4, -0.2) is 61.6 Å². The number of thioether (sulfide) groups is 1. The second-order valence-electron chi connectivity index (χ2n) is 7.12. The molecule has 1 saturated heterocycles. The molecule has 0 radical (unpaired) electrons. The summed E-state index contributed by atoms with van der Waals surface area (Å²) in [6.07, 6.45) is 0.571. The van der Waals surface area contributed by atoms with E-state index in [9.17, 15) is 13.5 Å². The van der Waals surface area contributed by atoms with Gasteiger partial charge in [-0.25, -0.2) is 18.0 Å². The highest BCUT2D eigenvalue weighted by atomic mass is 79.9. The first-order valence-electron chi connectivity index (χ1n) is 9.12. The number of halogens is 2. The number of amidine groups is 1. The van der Waals surface area contributed by atoms with Crippen LogP contribution >= 0.6 is 23.4 Å². The molecule has 0 bridgehead atoms. The molecule has 0 spiro atoms. The highest BCUT2D eigenvalue weighted by Gasteiger charge is 2.49. The molecule has 1 aliphatic heterocycles. The van der Waals surface area contributed by atoms with Gasteiger partial charge in [-0.1, -0.05) is 48.0 Å². The van der Waals surface area contributed by atoms with E-state index in [0.717, 1.165) is 10.7 Å². The molecule has 30 heavy (non-hydrogen) atoms. The Morgan fingerprint density at radius 1 is 1.23 bits per heavy atom. The summed E-state index contributed by atoms with van der Waals surface area (Å²) >= 11 is 7.72. The number of nitrogens with one attached hydrogen (secondary N) is 1. The molecule has 1 heterocycles. The van der Waals surface area contributed by atoms with Crippen LogP contribution in [-0.2, 0) is 22.2 Å². The predicted molar refractivity (Wildman–Crippen MR) is 118 cm³/mol. The van der Waals surface area contributed by atoms with Crippen LogP contribution in [0, 0.1) is 0 Å². The van der Waals surface area contributed by atoms with Gasteiger partial charge in [-0.2, -0.15) is 0 Å². The normalized spacial score (nSPS) is 19.0. The van der Waals surface area contributed by atoms with Gasteiger partial charge in [0, 0.05) is 12.1 Å². The lowest BCUT2D eigenvalue weighted by Gasteiger charge is -2.26. The van der Waals surface area contributed by atoms with E-state index >= 15 is 0 Å². The number of hydrogen-bond acceptors (Lipinski definition) is 4. The van der Waals surface area contributed by atoms with Gasteiger partial charge < -0.3 is 22.1 Å². The number of hydrogen-bond donors (Lipinski definition) is 2. The second-order valence-corrected chi connectivity index (χ2v) is 10.2. The van der Waals surface area contributed by atoms with Gasteiger partial charge in [0.25, 0.3) is 0 Å². The lowest BCUT2D eigenvalue weighted by Crippen LogP contribution is -3.00. The molecule has 0 aromatic heterocycles. The minimum Gasteiger partial charge on any atom is -1.00 e. The third kappa shape index (κ3) is 5.20. The van der Waals surface area contributed by atoms with Crippen LogP contribution in [0.2, 0.25) is 5.02 Å². The summed E-state index contributed by atoms with van der Waals surface area (Å²) in [7, 11) is 1.77. The van der Waals surface area contributed by atoms with Crippen LogP contribution in [0.4, 0.5) is 0 Å². The molecule has 3 rings (SSSR count). The zero-order valence-corrected chi connectivity index (χ0v) is 20.9. The van der Waals surface area contributed by atoms with Gasteiger partial charge in [-0.05, 0) is 35.9 Å². The van der Waals surface area contributed by atoms with Crippen molar-refractivity contribution in [3.05, 3.63) is 64.7 Å². The van der Waals surface area contributed by atoms with Crippen molar-refractivity contribution < 1.29 is 35.1 Å². The molecule has 1 aliphatic rings. The van der Waals surface area contributed by atoms with Crippen molar-refractivity contribution in [2.45, 2.75) is 17.0 Å². The van der Waals surface area contributed by atoms with Gasteiger partial charge in [0.2, 0.25) is 15.7 Å². The fraction of sp³-hybridized carbons (Fsp3) is 0.350. The Kier molecular flexibility index (Phi) is 8.40. The maximum Gasteiger partial charge on any atom is 0.310 e. The Morgan fingerprint density at radius 2 is 1.90 bits per heavy atom. The molecule has 1 atom stereocenters. The first-order valence-corrected chi connectivity index (χ1v) is 12.0. The summed E-state index contributed by atoms with van der Waals surface area (Å²) in [4.78, 5) is 1.72. The monoisotopic (exact) mass is 533 g/mol. The molecule has 1 fully saturated rings. The average Bonchev–Trinajstić information content (AvgIpc) is 2.99. The van der Waals surface area contributed by atoms with Crippen molar-refractivity contribution in [2.75, 3.05) is 33.4 Å². The largest absolute Gasteiger partial charge is 1.00 e. The van der Waals surface area contributed by atoms with Gasteiger partial charge in [-0.3, -0.25) is 4.58 Å². The molecule has 0 aliphatic carbocycles. The number of nitrogens with zero attached hydrogens (tertiary/aromatic N) is 2. The molecule has 10 heteroatoms. The van der Waals surface area contributed by atoms with Gasteiger partial charge in [-0.15, -0.1) is 0 Å². The first-order chi connectivity index (χ1) is 13.6. The van der Waals surface area contributed by atoms with E-state index in [0.29, 0.717) is 17.7 Å². The van der Waals surface area contributed by atoms with E-state index in [1.54, 1.807) is 18.0 Å². The van der Waals surface area contributed by atoms with Gasteiger partial charge in [0.05, 0.1) is 31.9 Å². The maximum absolute atomic E-state index is 12.9. The fourth-order valence-corrected chi connectivity index (χ4v) is 6.08. The van der Waals surface area contributed by atoms with Crippen molar-refractivity contribution in [3.63, 3.8) is 0 Å². The Hall–Kier alpha value is -1.10. The Bertz CT molecular complexity index is 1030. The minimum atomic E-state index is -3.82. The van der Waals surface area contributed by atoms with E-state index in [-0.39, 0.29) is 33.4 Å². The van der Waals surface area contributed by atoms with Crippen molar-refractivity contribution in [2.24, 2.45) is 0 Å². The number of benzene rings is 2. The highest BCUT2D eigenvalue weighted by molar-refractivity contribution is 8.13. The maximum atomic E-state index is 12.9. The zero-order valence-electron chi connectivity index (χ0n) is 17.0. The molecular formula is C20H25BrClN3O3S2. The van der Waals surface area contributed by atoms with Gasteiger partial charge >= 0.3 is 5.17 Å².